The van der Waals surface area contributed by atoms with Gasteiger partial charge in [0.15, 0.2) is 0 Å². The van der Waals surface area contributed by atoms with Crippen molar-refractivity contribution in [2.75, 3.05) is 20.7 Å². The van der Waals surface area contributed by atoms with E-state index in [0.29, 0.717) is 18.4 Å². The monoisotopic (exact) mass is 395 g/mol. The third-order valence-electron chi connectivity index (χ3n) is 4.51. The summed E-state index contributed by atoms with van der Waals surface area (Å²) in [5, 5.41) is 18.0. The van der Waals surface area contributed by atoms with E-state index in [1.54, 1.807) is 19.9 Å². The van der Waals surface area contributed by atoms with E-state index in [4.69, 9.17) is 14.9 Å². The van der Waals surface area contributed by atoms with Crippen LogP contribution in [0, 0.1) is 0 Å². The molecular formula is C21H33NO6. The van der Waals surface area contributed by atoms with Crippen LogP contribution in [-0.4, -0.2) is 59.8 Å². The molecule has 0 aromatic carbocycles. The van der Waals surface area contributed by atoms with Gasteiger partial charge in [-0.05, 0) is 60.2 Å². The Labute approximate surface area is 167 Å². The molecule has 7 nitrogen and oxygen atoms in total. The Morgan fingerprint density at radius 1 is 1.04 bits per heavy atom. The van der Waals surface area contributed by atoms with Crippen molar-refractivity contribution in [2.45, 2.75) is 59.4 Å². The molecule has 0 aliphatic heterocycles. The third kappa shape index (κ3) is 9.50. The van der Waals surface area contributed by atoms with Gasteiger partial charge in [0.2, 0.25) is 0 Å². The van der Waals surface area contributed by atoms with Gasteiger partial charge in [-0.1, -0.05) is 25.0 Å². The predicted molar refractivity (Wildman–Crippen MR) is 108 cm³/mol. The molecule has 0 aromatic heterocycles. The van der Waals surface area contributed by atoms with Gasteiger partial charge in [-0.25, -0.2) is 14.4 Å². The second-order valence-corrected chi connectivity index (χ2v) is 7.01. The van der Waals surface area contributed by atoms with Crippen LogP contribution in [0.4, 0.5) is 0 Å². The highest BCUT2D eigenvalue weighted by Crippen LogP contribution is 2.22. The maximum absolute atomic E-state index is 12.4. The summed E-state index contributed by atoms with van der Waals surface area (Å²) in [6.45, 7) is 6.63. The van der Waals surface area contributed by atoms with Crippen molar-refractivity contribution in [3.8, 4) is 0 Å². The van der Waals surface area contributed by atoms with E-state index >= 15 is 0 Å². The van der Waals surface area contributed by atoms with Crippen molar-refractivity contribution in [2.24, 2.45) is 0 Å². The van der Waals surface area contributed by atoms with E-state index in [1.807, 2.05) is 19.0 Å². The molecule has 0 saturated carbocycles. The summed E-state index contributed by atoms with van der Waals surface area (Å²) in [4.78, 5) is 36.3. The average Bonchev–Trinajstić information content (AvgIpc) is 2.62. The van der Waals surface area contributed by atoms with E-state index in [2.05, 4.69) is 6.92 Å². The number of esters is 1. The lowest BCUT2D eigenvalue weighted by Crippen LogP contribution is -2.28. The number of carboxylic acids is 2. The van der Waals surface area contributed by atoms with E-state index in [-0.39, 0.29) is 23.8 Å². The number of carbonyl (C=O) groups excluding carboxylic acids is 1. The highest BCUT2D eigenvalue weighted by Gasteiger charge is 2.18. The van der Waals surface area contributed by atoms with Gasteiger partial charge in [0.05, 0.1) is 0 Å². The van der Waals surface area contributed by atoms with Gasteiger partial charge < -0.3 is 19.8 Å². The normalized spacial score (nSPS) is 14.5. The van der Waals surface area contributed by atoms with Crippen LogP contribution in [0.2, 0.25) is 0 Å². The smallest absolute Gasteiger partial charge is 0.333 e. The highest BCUT2D eigenvalue weighted by molar-refractivity contribution is 5.89. The molecule has 0 aliphatic rings. The standard InChI is InChI=1S/C21H33NO6/c1-7-8-9-17(13-18(22(5)6)12-15(3)20(25)26)16(4)21(27)28-11-10-14(2)19(23)24/h10,12,18H,7-9,11,13H2,1-6H3,(H,23,24)(H,25,26). The molecule has 0 rings (SSSR count). The average molecular weight is 395 g/mol. The molecule has 0 heterocycles. The summed E-state index contributed by atoms with van der Waals surface area (Å²) < 4.78 is 5.19. The lowest BCUT2D eigenvalue weighted by molar-refractivity contribution is -0.138. The SMILES string of the molecule is CCCCC(CC(C=C(C)C(=O)O)N(C)C)=C(C)C(=O)OCC=C(C)C(=O)O. The number of ether oxygens (including phenoxy) is 1. The molecular weight excluding hydrogens is 362 g/mol. The Hall–Kier alpha value is -2.41. The molecule has 0 aliphatic carbocycles. The number of carboxylic acid groups (broad SMARTS) is 2. The van der Waals surface area contributed by atoms with Gasteiger partial charge in [-0.2, -0.15) is 0 Å². The zero-order valence-electron chi connectivity index (χ0n) is 17.7. The summed E-state index contributed by atoms with van der Waals surface area (Å²) in [7, 11) is 3.72. The van der Waals surface area contributed by atoms with Crippen LogP contribution in [0.1, 0.15) is 53.4 Å². The van der Waals surface area contributed by atoms with Crippen molar-refractivity contribution >= 4 is 17.9 Å². The predicted octanol–water partition coefficient (Wildman–Crippen LogP) is 3.42. The molecule has 1 atom stereocenters. The van der Waals surface area contributed by atoms with Gasteiger partial charge in [0.1, 0.15) is 6.61 Å². The first kappa shape index (κ1) is 25.6. The Morgan fingerprint density at radius 2 is 1.61 bits per heavy atom. The quantitative estimate of drug-likeness (QED) is 0.385. The largest absolute Gasteiger partial charge is 0.478 e. The Balaban J connectivity index is 5.50. The third-order valence-corrected chi connectivity index (χ3v) is 4.51. The number of aliphatic carboxylic acids is 2. The summed E-state index contributed by atoms with van der Waals surface area (Å²) in [6.07, 6.45) is 6.13. The number of hydrogen-bond acceptors (Lipinski definition) is 5. The highest BCUT2D eigenvalue weighted by atomic mass is 16.5. The van der Waals surface area contributed by atoms with Gasteiger partial charge in [-0.3, -0.25) is 0 Å². The van der Waals surface area contributed by atoms with E-state index in [9.17, 15) is 14.4 Å². The van der Waals surface area contributed by atoms with Crippen LogP contribution in [0.25, 0.3) is 0 Å². The molecule has 1 unspecified atom stereocenters. The van der Waals surface area contributed by atoms with Crippen LogP contribution in [-0.2, 0) is 19.1 Å². The summed E-state index contributed by atoms with van der Waals surface area (Å²) in [6, 6.07) is -0.167. The molecule has 7 heteroatoms. The fourth-order valence-corrected chi connectivity index (χ4v) is 2.42. The molecule has 0 fully saturated rings. The van der Waals surface area contributed by atoms with E-state index < -0.39 is 17.9 Å². The van der Waals surface area contributed by atoms with Gasteiger partial charge in [-0.15, -0.1) is 0 Å². The van der Waals surface area contributed by atoms with Crippen LogP contribution in [0.5, 0.6) is 0 Å². The van der Waals surface area contributed by atoms with Crippen molar-refractivity contribution in [3.63, 3.8) is 0 Å². The zero-order valence-corrected chi connectivity index (χ0v) is 17.7. The molecule has 0 saturated heterocycles. The minimum Gasteiger partial charge on any atom is -0.478 e. The molecule has 0 amide bonds. The van der Waals surface area contributed by atoms with Gasteiger partial charge in [0, 0.05) is 22.8 Å². The lowest BCUT2D eigenvalue weighted by Gasteiger charge is -2.24. The molecule has 0 bridgehead atoms. The number of hydrogen-bond donors (Lipinski definition) is 2. The fraction of sp³-hybridized carbons (Fsp3) is 0.571. The number of likely N-dealkylation sites (N-methyl/N-ethyl adjacent to an activating group) is 1. The minimum atomic E-state index is -1.05. The molecule has 158 valence electrons. The minimum absolute atomic E-state index is 0.107. The number of rotatable bonds is 12. The van der Waals surface area contributed by atoms with Crippen LogP contribution < -0.4 is 0 Å². The topological polar surface area (TPSA) is 104 Å². The van der Waals surface area contributed by atoms with E-state index in [1.165, 1.54) is 13.0 Å². The summed E-state index contributed by atoms with van der Waals surface area (Å²) >= 11 is 0. The molecule has 0 spiro atoms. The van der Waals surface area contributed by atoms with Crippen molar-refractivity contribution in [1.82, 2.24) is 4.90 Å². The Kier molecular flexibility index (Phi) is 11.8. The molecule has 0 aromatic rings. The lowest BCUT2D eigenvalue weighted by atomic mass is 9.94. The first-order valence-electron chi connectivity index (χ1n) is 9.35. The maximum atomic E-state index is 12.4. The summed E-state index contributed by atoms with van der Waals surface area (Å²) in [5.74, 6) is -2.51. The van der Waals surface area contributed by atoms with Gasteiger partial charge >= 0.3 is 17.9 Å². The van der Waals surface area contributed by atoms with Crippen molar-refractivity contribution < 1.29 is 29.3 Å². The second kappa shape index (κ2) is 12.9. The van der Waals surface area contributed by atoms with Crippen molar-refractivity contribution in [3.05, 3.63) is 34.4 Å². The first-order valence-corrected chi connectivity index (χ1v) is 9.35. The molecule has 28 heavy (non-hydrogen) atoms. The zero-order chi connectivity index (χ0) is 21.9. The number of nitrogens with zero attached hydrogens (tertiary/aromatic N) is 1. The van der Waals surface area contributed by atoms with Crippen LogP contribution in [0.3, 0.4) is 0 Å². The Bertz CT molecular complexity index is 658. The number of carbonyl (C=O) groups is 3. The maximum Gasteiger partial charge on any atom is 0.333 e. The first-order chi connectivity index (χ1) is 13.0. The van der Waals surface area contributed by atoms with Crippen LogP contribution in [0.15, 0.2) is 34.4 Å². The van der Waals surface area contributed by atoms with E-state index in [0.717, 1.165) is 18.4 Å². The van der Waals surface area contributed by atoms with Crippen molar-refractivity contribution in [1.29, 1.82) is 0 Å². The Morgan fingerprint density at radius 3 is 2.07 bits per heavy atom. The molecule has 2 N–H and O–H groups in total. The second-order valence-electron chi connectivity index (χ2n) is 7.01. The van der Waals surface area contributed by atoms with Crippen LogP contribution >= 0.6 is 0 Å². The molecule has 0 radical (unpaired) electrons. The fourth-order valence-electron chi connectivity index (χ4n) is 2.42. The summed E-state index contributed by atoms with van der Waals surface area (Å²) in [5.41, 5.74) is 1.77. The van der Waals surface area contributed by atoms with Gasteiger partial charge in [0.25, 0.3) is 0 Å². The number of unbranched alkanes of at least 4 members (excludes halogenated alkanes) is 1.